The predicted octanol–water partition coefficient (Wildman–Crippen LogP) is -0.251. The van der Waals surface area contributed by atoms with E-state index in [9.17, 15) is 9.59 Å². The number of amides is 2. The van der Waals surface area contributed by atoms with Gasteiger partial charge in [-0.05, 0) is 19.9 Å². The molecule has 126 valence electrons. The van der Waals surface area contributed by atoms with Gasteiger partial charge < -0.3 is 9.80 Å². The van der Waals surface area contributed by atoms with Gasteiger partial charge in [-0.1, -0.05) is 0 Å². The van der Waals surface area contributed by atoms with Gasteiger partial charge >= 0.3 is 0 Å². The van der Waals surface area contributed by atoms with Crippen LogP contribution in [0.4, 0.5) is 0 Å². The van der Waals surface area contributed by atoms with Crippen LogP contribution in [0.1, 0.15) is 23.3 Å². The summed E-state index contributed by atoms with van der Waals surface area (Å²) in [5.41, 5.74) is -0.281. The number of carbonyl (C=O) groups is 2. The van der Waals surface area contributed by atoms with Crippen molar-refractivity contribution >= 4 is 11.8 Å². The van der Waals surface area contributed by atoms with Crippen LogP contribution in [0, 0.1) is 11.3 Å². The molecule has 24 heavy (non-hydrogen) atoms. The number of carbonyl (C=O) groups excluding carboxylic acids is 2. The van der Waals surface area contributed by atoms with Crippen LogP contribution in [0.25, 0.3) is 0 Å². The van der Waals surface area contributed by atoms with Gasteiger partial charge in [0.15, 0.2) is 0 Å². The van der Waals surface area contributed by atoms with Gasteiger partial charge in [-0.15, -0.1) is 0 Å². The zero-order valence-electron chi connectivity index (χ0n) is 13.7. The summed E-state index contributed by atoms with van der Waals surface area (Å²) in [7, 11) is 1.95. The molecule has 1 aromatic rings. The first-order valence-electron chi connectivity index (χ1n) is 8.01. The second-order valence-electron chi connectivity index (χ2n) is 6.22. The number of hydrogen-bond acceptors (Lipinski definition) is 6. The van der Waals surface area contributed by atoms with Crippen molar-refractivity contribution in [2.24, 2.45) is 0 Å². The zero-order chi connectivity index (χ0) is 17.2. The molecule has 3 heterocycles. The smallest absolute Gasteiger partial charge is 0.274 e. The maximum Gasteiger partial charge on any atom is 0.274 e. The predicted molar refractivity (Wildman–Crippen MR) is 84.7 cm³/mol. The molecule has 3 rings (SSSR count). The third kappa shape index (κ3) is 2.71. The SMILES string of the molecule is CN1CCN(CC#N)C(=O)C12CCN(C(=O)c1cnccn1)CC2. The summed E-state index contributed by atoms with van der Waals surface area (Å²) in [6, 6.07) is 2.06. The molecular formula is C16H20N6O2. The Bertz CT molecular complexity index is 663. The van der Waals surface area contributed by atoms with Gasteiger partial charge in [0, 0.05) is 38.6 Å². The normalized spacial score (nSPS) is 20.9. The van der Waals surface area contributed by atoms with Gasteiger partial charge in [-0.3, -0.25) is 19.5 Å². The van der Waals surface area contributed by atoms with E-state index in [-0.39, 0.29) is 18.4 Å². The number of nitriles is 1. The molecule has 2 aliphatic heterocycles. The Morgan fingerprint density at radius 2 is 2.04 bits per heavy atom. The summed E-state index contributed by atoms with van der Waals surface area (Å²) < 4.78 is 0. The second-order valence-corrected chi connectivity index (χ2v) is 6.22. The van der Waals surface area contributed by atoms with Gasteiger partial charge in [-0.25, -0.2) is 4.98 Å². The molecule has 0 aromatic carbocycles. The molecule has 0 radical (unpaired) electrons. The Morgan fingerprint density at radius 3 is 2.67 bits per heavy atom. The van der Waals surface area contributed by atoms with Gasteiger partial charge in [0.1, 0.15) is 17.8 Å². The molecule has 8 nitrogen and oxygen atoms in total. The molecule has 1 spiro atoms. The van der Waals surface area contributed by atoms with Crippen LogP contribution < -0.4 is 0 Å². The van der Waals surface area contributed by atoms with Crippen LogP contribution >= 0.6 is 0 Å². The van der Waals surface area contributed by atoms with Crippen LogP contribution in [0.15, 0.2) is 18.6 Å². The minimum absolute atomic E-state index is 0.00408. The molecule has 2 aliphatic rings. The first-order chi connectivity index (χ1) is 11.6. The molecule has 2 amide bonds. The van der Waals surface area contributed by atoms with E-state index >= 15 is 0 Å². The van der Waals surface area contributed by atoms with Crippen LogP contribution in [0.3, 0.4) is 0 Å². The number of piperidine rings is 1. The number of piperazine rings is 1. The van der Waals surface area contributed by atoms with E-state index < -0.39 is 5.54 Å². The van der Waals surface area contributed by atoms with E-state index in [0.29, 0.717) is 38.2 Å². The lowest BCUT2D eigenvalue weighted by atomic mass is 9.82. The Hall–Kier alpha value is -2.53. The molecule has 0 saturated carbocycles. The first-order valence-corrected chi connectivity index (χ1v) is 8.01. The van der Waals surface area contributed by atoms with Crippen molar-refractivity contribution in [1.29, 1.82) is 5.26 Å². The van der Waals surface area contributed by atoms with Crippen LogP contribution in [0.2, 0.25) is 0 Å². The fourth-order valence-electron chi connectivity index (χ4n) is 3.53. The fourth-order valence-corrected chi connectivity index (χ4v) is 3.53. The number of nitrogens with zero attached hydrogens (tertiary/aromatic N) is 6. The van der Waals surface area contributed by atoms with E-state index in [1.807, 2.05) is 7.05 Å². The number of hydrogen-bond donors (Lipinski definition) is 0. The standard InChI is InChI=1S/C16H20N6O2/c1-20-10-11-22(9-4-17)15(24)16(20)2-7-21(8-3-16)14(23)13-12-18-5-6-19-13/h5-6,12H,2-3,7-11H2,1H3. The van der Waals surface area contributed by atoms with Gasteiger partial charge in [0.05, 0.1) is 12.3 Å². The van der Waals surface area contributed by atoms with Gasteiger partial charge in [-0.2, -0.15) is 5.26 Å². The highest BCUT2D eigenvalue weighted by Crippen LogP contribution is 2.33. The topological polar surface area (TPSA) is 93.4 Å². The highest BCUT2D eigenvalue weighted by molar-refractivity contribution is 5.93. The fraction of sp³-hybridized carbons (Fsp3) is 0.562. The number of likely N-dealkylation sites (tertiary alicyclic amines) is 1. The molecule has 1 aromatic heterocycles. The zero-order valence-corrected chi connectivity index (χ0v) is 13.7. The second kappa shape index (κ2) is 6.53. The van der Waals surface area contributed by atoms with Crippen molar-refractivity contribution in [2.75, 3.05) is 39.8 Å². The molecular weight excluding hydrogens is 308 g/mol. The molecule has 8 heteroatoms. The quantitative estimate of drug-likeness (QED) is 0.695. The Labute approximate surface area is 140 Å². The summed E-state index contributed by atoms with van der Waals surface area (Å²) in [5, 5.41) is 8.91. The number of aromatic nitrogens is 2. The summed E-state index contributed by atoms with van der Waals surface area (Å²) >= 11 is 0. The summed E-state index contributed by atoms with van der Waals surface area (Å²) in [4.78, 5) is 38.7. The van der Waals surface area contributed by atoms with Crippen molar-refractivity contribution in [1.82, 2.24) is 24.7 Å². The van der Waals surface area contributed by atoms with E-state index in [2.05, 4.69) is 20.9 Å². The minimum atomic E-state index is -0.603. The van der Waals surface area contributed by atoms with E-state index in [4.69, 9.17) is 5.26 Å². The van der Waals surface area contributed by atoms with Crippen LogP contribution in [-0.4, -0.2) is 81.8 Å². The van der Waals surface area contributed by atoms with Gasteiger partial charge in [0.2, 0.25) is 5.91 Å². The molecule has 0 N–H and O–H groups in total. The lowest BCUT2D eigenvalue weighted by Crippen LogP contribution is -2.68. The van der Waals surface area contributed by atoms with Crippen molar-refractivity contribution in [3.05, 3.63) is 24.3 Å². The highest BCUT2D eigenvalue weighted by atomic mass is 16.2. The summed E-state index contributed by atoms with van der Waals surface area (Å²) in [5.74, 6) is -0.151. The Kier molecular flexibility index (Phi) is 4.44. The lowest BCUT2D eigenvalue weighted by molar-refractivity contribution is -0.152. The van der Waals surface area contributed by atoms with Crippen molar-refractivity contribution in [3.8, 4) is 6.07 Å². The van der Waals surface area contributed by atoms with E-state index in [1.54, 1.807) is 9.80 Å². The monoisotopic (exact) mass is 328 g/mol. The summed E-state index contributed by atoms with van der Waals surface area (Å²) in [6.07, 6.45) is 5.62. The molecule has 2 fully saturated rings. The van der Waals surface area contributed by atoms with Crippen LogP contribution in [-0.2, 0) is 4.79 Å². The van der Waals surface area contributed by atoms with E-state index in [0.717, 1.165) is 6.54 Å². The molecule has 0 unspecified atom stereocenters. The summed E-state index contributed by atoms with van der Waals surface area (Å²) in [6.45, 7) is 2.42. The molecule has 2 saturated heterocycles. The minimum Gasteiger partial charge on any atom is -0.337 e. The Morgan fingerprint density at radius 1 is 1.29 bits per heavy atom. The van der Waals surface area contributed by atoms with Crippen LogP contribution in [0.5, 0.6) is 0 Å². The third-order valence-corrected chi connectivity index (χ3v) is 5.04. The molecule has 0 bridgehead atoms. The maximum atomic E-state index is 12.9. The Balaban J connectivity index is 1.72. The van der Waals surface area contributed by atoms with E-state index in [1.165, 1.54) is 18.6 Å². The third-order valence-electron chi connectivity index (χ3n) is 5.04. The van der Waals surface area contributed by atoms with Crippen molar-refractivity contribution in [3.63, 3.8) is 0 Å². The molecule has 0 aliphatic carbocycles. The average Bonchev–Trinajstić information content (AvgIpc) is 2.63. The highest BCUT2D eigenvalue weighted by Gasteiger charge is 2.49. The van der Waals surface area contributed by atoms with Crippen molar-refractivity contribution in [2.45, 2.75) is 18.4 Å². The first kappa shape index (κ1) is 16.3. The average molecular weight is 328 g/mol. The lowest BCUT2D eigenvalue weighted by Gasteiger charge is -2.51. The molecule has 0 atom stereocenters. The van der Waals surface area contributed by atoms with Gasteiger partial charge in [0.25, 0.3) is 5.91 Å². The number of likely N-dealkylation sites (N-methyl/N-ethyl adjacent to an activating group) is 1. The largest absolute Gasteiger partial charge is 0.337 e. The maximum absolute atomic E-state index is 12.9. The number of rotatable bonds is 2. The van der Waals surface area contributed by atoms with Crippen molar-refractivity contribution < 1.29 is 9.59 Å².